The fraction of sp³-hybridized carbons (Fsp3) is 0.533. The summed E-state index contributed by atoms with van der Waals surface area (Å²) in [6.07, 6.45) is 0.902. The molecule has 4 heteroatoms. The molecule has 0 heterocycles. The van der Waals surface area contributed by atoms with Gasteiger partial charge in [-0.05, 0) is 44.1 Å². The van der Waals surface area contributed by atoms with E-state index in [-0.39, 0.29) is 12.5 Å². The minimum atomic E-state index is -0.731. The number of hydrogen-bond donors (Lipinski definition) is 1. The molecule has 0 saturated heterocycles. The second-order valence-electron chi connectivity index (χ2n) is 4.58. The van der Waals surface area contributed by atoms with Crippen LogP contribution in [0.3, 0.4) is 0 Å². The Balaban J connectivity index is 2.65. The SMILES string of the molecule is CCN(CCCC(=O)O)C(C)c1cccc(OC)c1. The van der Waals surface area contributed by atoms with Crippen LogP contribution in [0.5, 0.6) is 5.75 Å². The van der Waals surface area contributed by atoms with Crippen LogP contribution in [0.15, 0.2) is 24.3 Å². The normalized spacial score (nSPS) is 12.4. The van der Waals surface area contributed by atoms with Crippen LogP contribution in [0, 0.1) is 0 Å². The highest BCUT2D eigenvalue weighted by Crippen LogP contribution is 2.23. The molecule has 4 nitrogen and oxygen atoms in total. The summed E-state index contributed by atoms with van der Waals surface area (Å²) in [4.78, 5) is 12.8. The fourth-order valence-corrected chi connectivity index (χ4v) is 2.17. The van der Waals surface area contributed by atoms with Crippen LogP contribution in [0.4, 0.5) is 0 Å². The van der Waals surface area contributed by atoms with Gasteiger partial charge in [-0.3, -0.25) is 9.69 Å². The minimum Gasteiger partial charge on any atom is -0.497 e. The Bertz CT molecular complexity index is 406. The van der Waals surface area contributed by atoms with Gasteiger partial charge in [0.1, 0.15) is 5.75 Å². The first kappa shape index (κ1) is 15.5. The average molecular weight is 265 g/mol. The molecule has 106 valence electrons. The molecule has 0 aliphatic heterocycles. The van der Waals surface area contributed by atoms with Crippen LogP contribution < -0.4 is 4.74 Å². The molecule has 0 aliphatic carbocycles. The van der Waals surface area contributed by atoms with Crippen molar-refractivity contribution in [1.82, 2.24) is 4.90 Å². The van der Waals surface area contributed by atoms with Gasteiger partial charge in [0.05, 0.1) is 7.11 Å². The van der Waals surface area contributed by atoms with Crippen LogP contribution in [0.25, 0.3) is 0 Å². The molecule has 1 atom stereocenters. The molecule has 0 amide bonds. The van der Waals surface area contributed by atoms with Crippen molar-refractivity contribution in [2.45, 2.75) is 32.7 Å². The van der Waals surface area contributed by atoms with E-state index in [1.54, 1.807) is 7.11 Å². The average Bonchev–Trinajstić information content (AvgIpc) is 2.42. The highest BCUT2D eigenvalue weighted by Gasteiger charge is 2.14. The number of rotatable bonds is 8. The maximum absolute atomic E-state index is 10.6. The zero-order valence-electron chi connectivity index (χ0n) is 11.9. The summed E-state index contributed by atoms with van der Waals surface area (Å²) < 4.78 is 5.23. The van der Waals surface area contributed by atoms with Gasteiger partial charge in [0, 0.05) is 12.5 Å². The van der Waals surface area contributed by atoms with Crippen LogP contribution in [0.2, 0.25) is 0 Å². The van der Waals surface area contributed by atoms with Gasteiger partial charge in [-0.1, -0.05) is 19.1 Å². The summed E-state index contributed by atoms with van der Waals surface area (Å²) in [7, 11) is 1.66. The monoisotopic (exact) mass is 265 g/mol. The standard InChI is InChI=1S/C15H23NO3/c1-4-16(10-6-9-15(17)18)12(2)13-7-5-8-14(11-13)19-3/h5,7-8,11-12H,4,6,9-10H2,1-3H3,(H,17,18). The van der Waals surface area contributed by atoms with Crippen LogP contribution in [-0.2, 0) is 4.79 Å². The van der Waals surface area contributed by atoms with Crippen molar-refractivity contribution in [2.24, 2.45) is 0 Å². The van der Waals surface area contributed by atoms with E-state index in [9.17, 15) is 4.79 Å². The van der Waals surface area contributed by atoms with Crippen LogP contribution >= 0.6 is 0 Å². The van der Waals surface area contributed by atoms with Crippen LogP contribution in [0.1, 0.15) is 38.3 Å². The molecule has 0 aromatic heterocycles. The van der Waals surface area contributed by atoms with Gasteiger partial charge in [0.15, 0.2) is 0 Å². The van der Waals surface area contributed by atoms with Crippen molar-refractivity contribution in [2.75, 3.05) is 20.2 Å². The number of nitrogens with zero attached hydrogens (tertiary/aromatic N) is 1. The number of methoxy groups -OCH3 is 1. The number of ether oxygens (including phenoxy) is 1. The molecule has 0 saturated carbocycles. The van der Waals surface area contributed by atoms with Crippen molar-refractivity contribution < 1.29 is 14.6 Å². The Morgan fingerprint density at radius 2 is 2.21 bits per heavy atom. The second kappa shape index (κ2) is 7.79. The van der Waals surface area contributed by atoms with Crippen molar-refractivity contribution in [1.29, 1.82) is 0 Å². The van der Waals surface area contributed by atoms with Gasteiger partial charge in [0.2, 0.25) is 0 Å². The maximum atomic E-state index is 10.6. The van der Waals surface area contributed by atoms with Crippen molar-refractivity contribution in [3.63, 3.8) is 0 Å². The molecule has 1 aromatic carbocycles. The summed E-state index contributed by atoms with van der Waals surface area (Å²) in [6.45, 7) is 5.93. The number of benzene rings is 1. The summed E-state index contributed by atoms with van der Waals surface area (Å²) in [5, 5.41) is 8.69. The lowest BCUT2D eigenvalue weighted by atomic mass is 10.1. The van der Waals surface area contributed by atoms with Gasteiger partial charge in [-0.2, -0.15) is 0 Å². The fourth-order valence-electron chi connectivity index (χ4n) is 2.17. The molecule has 1 N–H and O–H groups in total. The smallest absolute Gasteiger partial charge is 0.303 e. The van der Waals surface area contributed by atoms with Gasteiger partial charge in [0.25, 0.3) is 0 Å². The summed E-state index contributed by atoms with van der Waals surface area (Å²) in [5.41, 5.74) is 1.19. The maximum Gasteiger partial charge on any atom is 0.303 e. The quantitative estimate of drug-likeness (QED) is 0.785. The Hall–Kier alpha value is -1.55. The third kappa shape index (κ3) is 4.91. The molecule has 19 heavy (non-hydrogen) atoms. The topological polar surface area (TPSA) is 49.8 Å². The first-order chi connectivity index (χ1) is 9.08. The van der Waals surface area contributed by atoms with E-state index in [0.717, 1.165) is 18.8 Å². The highest BCUT2D eigenvalue weighted by atomic mass is 16.5. The van der Waals surface area contributed by atoms with Crippen LogP contribution in [-0.4, -0.2) is 36.2 Å². The largest absolute Gasteiger partial charge is 0.497 e. The van der Waals surface area contributed by atoms with Gasteiger partial charge in [-0.25, -0.2) is 0 Å². The Morgan fingerprint density at radius 1 is 1.47 bits per heavy atom. The van der Waals surface area contributed by atoms with Crippen molar-refractivity contribution >= 4 is 5.97 Å². The minimum absolute atomic E-state index is 0.224. The van der Waals surface area contributed by atoms with Gasteiger partial charge >= 0.3 is 5.97 Å². The van der Waals surface area contributed by atoms with E-state index in [0.29, 0.717) is 6.42 Å². The highest BCUT2D eigenvalue weighted by molar-refractivity contribution is 5.66. The summed E-state index contributed by atoms with van der Waals surface area (Å²) in [5.74, 6) is 0.121. The molecule has 0 aliphatic rings. The summed E-state index contributed by atoms with van der Waals surface area (Å²) >= 11 is 0. The molecular formula is C15H23NO3. The molecule has 0 fully saturated rings. The predicted molar refractivity (Wildman–Crippen MR) is 75.5 cm³/mol. The lowest BCUT2D eigenvalue weighted by molar-refractivity contribution is -0.137. The number of carbonyl (C=O) groups is 1. The van der Waals surface area contributed by atoms with Gasteiger partial charge in [-0.15, -0.1) is 0 Å². The van der Waals surface area contributed by atoms with E-state index in [1.807, 2.05) is 18.2 Å². The number of carboxylic acids is 1. The number of carboxylic acid groups (broad SMARTS) is 1. The lowest BCUT2D eigenvalue weighted by Gasteiger charge is -2.28. The number of hydrogen-bond acceptors (Lipinski definition) is 3. The Labute approximate surface area is 115 Å². The molecule has 1 unspecified atom stereocenters. The summed E-state index contributed by atoms with van der Waals surface area (Å²) in [6, 6.07) is 8.28. The van der Waals surface area contributed by atoms with E-state index in [2.05, 4.69) is 24.8 Å². The first-order valence-electron chi connectivity index (χ1n) is 6.68. The van der Waals surface area contributed by atoms with E-state index < -0.39 is 5.97 Å². The molecule has 1 rings (SSSR count). The van der Waals surface area contributed by atoms with E-state index >= 15 is 0 Å². The lowest BCUT2D eigenvalue weighted by Crippen LogP contribution is -2.28. The third-order valence-electron chi connectivity index (χ3n) is 3.37. The van der Waals surface area contributed by atoms with Crippen molar-refractivity contribution in [3.05, 3.63) is 29.8 Å². The van der Waals surface area contributed by atoms with Gasteiger partial charge < -0.3 is 9.84 Å². The van der Waals surface area contributed by atoms with E-state index in [1.165, 1.54) is 5.56 Å². The third-order valence-corrected chi connectivity index (χ3v) is 3.37. The Morgan fingerprint density at radius 3 is 2.79 bits per heavy atom. The molecule has 0 radical (unpaired) electrons. The first-order valence-corrected chi connectivity index (χ1v) is 6.68. The van der Waals surface area contributed by atoms with E-state index in [4.69, 9.17) is 9.84 Å². The zero-order valence-corrected chi connectivity index (χ0v) is 11.9. The molecule has 1 aromatic rings. The second-order valence-corrected chi connectivity index (χ2v) is 4.58. The Kier molecular flexibility index (Phi) is 6.36. The van der Waals surface area contributed by atoms with Crippen molar-refractivity contribution in [3.8, 4) is 5.75 Å². The molecule has 0 spiro atoms. The molecular weight excluding hydrogens is 242 g/mol. The zero-order chi connectivity index (χ0) is 14.3. The molecule has 0 bridgehead atoms. The predicted octanol–water partition coefficient (Wildman–Crippen LogP) is 2.94. The number of aliphatic carboxylic acids is 1.